The summed E-state index contributed by atoms with van der Waals surface area (Å²) in [7, 11) is 3.40. The fraction of sp³-hybridized carbons (Fsp3) is 0.316. The fourth-order valence-electron chi connectivity index (χ4n) is 2.55. The van der Waals surface area contributed by atoms with Crippen molar-refractivity contribution < 1.29 is 4.74 Å². The summed E-state index contributed by atoms with van der Waals surface area (Å²) in [6, 6.07) is 11.9. The third-order valence-electron chi connectivity index (χ3n) is 4.13. The molecule has 0 amide bonds. The summed E-state index contributed by atoms with van der Waals surface area (Å²) < 4.78 is 5.17. The minimum atomic E-state index is 0. The van der Waals surface area contributed by atoms with Gasteiger partial charge < -0.3 is 15.4 Å². The number of aromatic amines is 1. The van der Waals surface area contributed by atoms with Crippen molar-refractivity contribution in [1.82, 2.24) is 25.8 Å². The maximum Gasteiger partial charge on any atom is 0.191 e. The van der Waals surface area contributed by atoms with Crippen molar-refractivity contribution in [2.45, 2.75) is 19.4 Å². The van der Waals surface area contributed by atoms with Gasteiger partial charge in [0, 0.05) is 30.0 Å². The molecule has 2 aromatic heterocycles. The van der Waals surface area contributed by atoms with Crippen LogP contribution in [0.25, 0.3) is 11.4 Å². The van der Waals surface area contributed by atoms with Crippen molar-refractivity contribution >= 4 is 41.3 Å². The van der Waals surface area contributed by atoms with Gasteiger partial charge in [-0.15, -0.1) is 35.3 Å². The molecule has 3 N–H and O–H groups in total. The summed E-state index contributed by atoms with van der Waals surface area (Å²) in [4.78, 5) is 10.1. The van der Waals surface area contributed by atoms with Crippen LogP contribution < -0.4 is 15.4 Å². The summed E-state index contributed by atoms with van der Waals surface area (Å²) in [5.41, 5.74) is 0.936. The molecule has 0 aliphatic heterocycles. The molecule has 0 aliphatic rings. The lowest BCUT2D eigenvalue weighted by atomic mass is 10.1. The standard InChI is InChI=1S/C19H24N6OS.HI/c1-13(16-5-4-10-27-16)11-21-19(20-2)22-12-17-23-18(25-24-17)14-6-8-15(26-3)9-7-14;/h4-10,13H,11-12H2,1-3H3,(H2,20,21,22)(H,23,24,25);1H. The van der Waals surface area contributed by atoms with Crippen LogP contribution in [0.15, 0.2) is 46.8 Å². The van der Waals surface area contributed by atoms with Gasteiger partial charge in [0.2, 0.25) is 0 Å². The van der Waals surface area contributed by atoms with E-state index in [-0.39, 0.29) is 24.0 Å². The number of nitrogens with zero attached hydrogens (tertiary/aromatic N) is 3. The van der Waals surface area contributed by atoms with Crippen LogP contribution in [0.3, 0.4) is 0 Å². The fourth-order valence-corrected chi connectivity index (χ4v) is 3.34. The Hall–Kier alpha value is -2.14. The predicted octanol–water partition coefficient (Wildman–Crippen LogP) is 3.63. The highest BCUT2D eigenvalue weighted by Crippen LogP contribution is 2.20. The lowest BCUT2D eigenvalue weighted by molar-refractivity contribution is 0.415. The molecular weight excluding hydrogens is 487 g/mol. The first-order valence-electron chi connectivity index (χ1n) is 8.73. The topological polar surface area (TPSA) is 87.2 Å². The molecule has 150 valence electrons. The smallest absolute Gasteiger partial charge is 0.191 e. The zero-order valence-electron chi connectivity index (χ0n) is 16.1. The Morgan fingerprint density at radius 1 is 1.25 bits per heavy atom. The van der Waals surface area contributed by atoms with E-state index in [4.69, 9.17) is 4.74 Å². The van der Waals surface area contributed by atoms with E-state index < -0.39 is 0 Å². The molecule has 3 aromatic rings. The molecule has 1 unspecified atom stereocenters. The number of rotatable bonds is 7. The lowest BCUT2D eigenvalue weighted by Gasteiger charge is -2.14. The average molecular weight is 512 g/mol. The van der Waals surface area contributed by atoms with E-state index in [9.17, 15) is 0 Å². The molecule has 1 aromatic carbocycles. The molecule has 7 nitrogen and oxygen atoms in total. The van der Waals surface area contributed by atoms with Crippen LogP contribution in [0.2, 0.25) is 0 Å². The van der Waals surface area contributed by atoms with Crippen molar-refractivity contribution in [2.75, 3.05) is 20.7 Å². The Labute approximate surface area is 186 Å². The number of hydrogen-bond donors (Lipinski definition) is 3. The number of thiophene rings is 1. The first-order chi connectivity index (χ1) is 13.2. The number of aliphatic imine (C=N–C) groups is 1. The van der Waals surface area contributed by atoms with Gasteiger partial charge >= 0.3 is 0 Å². The van der Waals surface area contributed by atoms with Gasteiger partial charge in [-0.2, -0.15) is 5.10 Å². The Morgan fingerprint density at radius 3 is 2.68 bits per heavy atom. The molecule has 2 heterocycles. The van der Waals surface area contributed by atoms with E-state index in [0.717, 1.165) is 29.6 Å². The molecule has 0 saturated heterocycles. The van der Waals surface area contributed by atoms with Gasteiger partial charge in [0.05, 0.1) is 13.7 Å². The highest BCUT2D eigenvalue weighted by Gasteiger charge is 2.09. The number of aromatic nitrogens is 3. The Kier molecular flexibility index (Phi) is 8.71. The van der Waals surface area contributed by atoms with Gasteiger partial charge in [0.25, 0.3) is 0 Å². The van der Waals surface area contributed by atoms with Crippen LogP contribution in [0.4, 0.5) is 0 Å². The Bertz CT molecular complexity index is 863. The highest BCUT2D eigenvalue weighted by atomic mass is 127. The second kappa shape index (κ2) is 11.0. The Balaban J connectivity index is 0.00000280. The van der Waals surface area contributed by atoms with Crippen LogP contribution in [-0.2, 0) is 6.54 Å². The summed E-state index contributed by atoms with van der Waals surface area (Å²) >= 11 is 1.77. The normalized spacial score (nSPS) is 12.2. The third kappa shape index (κ3) is 5.93. The van der Waals surface area contributed by atoms with E-state index in [1.165, 1.54) is 4.88 Å². The zero-order chi connectivity index (χ0) is 19.1. The SMILES string of the molecule is CN=C(NCc1nc(-c2ccc(OC)cc2)n[nH]1)NCC(C)c1cccs1.I. The Morgan fingerprint density at radius 2 is 2.04 bits per heavy atom. The number of benzene rings is 1. The summed E-state index contributed by atoms with van der Waals surface area (Å²) in [6.07, 6.45) is 0. The van der Waals surface area contributed by atoms with Gasteiger partial charge in [-0.3, -0.25) is 10.1 Å². The lowest BCUT2D eigenvalue weighted by Crippen LogP contribution is -2.38. The first kappa shape index (κ1) is 22.2. The summed E-state index contributed by atoms with van der Waals surface area (Å²) in [5, 5.41) is 15.9. The zero-order valence-corrected chi connectivity index (χ0v) is 19.2. The van der Waals surface area contributed by atoms with E-state index in [2.05, 4.69) is 55.2 Å². The molecule has 28 heavy (non-hydrogen) atoms. The van der Waals surface area contributed by atoms with Crippen LogP contribution in [-0.4, -0.2) is 41.8 Å². The minimum Gasteiger partial charge on any atom is -0.497 e. The monoisotopic (exact) mass is 512 g/mol. The number of halogens is 1. The molecule has 0 aliphatic carbocycles. The second-order valence-electron chi connectivity index (χ2n) is 6.06. The van der Waals surface area contributed by atoms with Crippen LogP contribution >= 0.6 is 35.3 Å². The maximum absolute atomic E-state index is 5.17. The van der Waals surface area contributed by atoms with E-state index in [1.54, 1.807) is 25.5 Å². The highest BCUT2D eigenvalue weighted by molar-refractivity contribution is 14.0. The molecule has 0 radical (unpaired) electrons. The number of nitrogens with one attached hydrogen (secondary N) is 3. The average Bonchev–Trinajstić information content (AvgIpc) is 3.40. The number of methoxy groups -OCH3 is 1. The molecule has 0 bridgehead atoms. The molecule has 1 atom stereocenters. The van der Waals surface area contributed by atoms with Gasteiger partial charge in [0.15, 0.2) is 11.8 Å². The number of hydrogen-bond acceptors (Lipinski definition) is 5. The minimum absolute atomic E-state index is 0. The molecule has 3 rings (SSSR count). The van der Waals surface area contributed by atoms with Gasteiger partial charge in [-0.1, -0.05) is 13.0 Å². The van der Waals surface area contributed by atoms with Crippen molar-refractivity contribution in [3.8, 4) is 17.1 Å². The molecule has 0 saturated carbocycles. The molecular formula is C19H25IN6OS. The summed E-state index contributed by atoms with van der Waals surface area (Å²) in [5.74, 6) is 3.37. The van der Waals surface area contributed by atoms with Crippen LogP contribution in [0.1, 0.15) is 23.5 Å². The van der Waals surface area contributed by atoms with Gasteiger partial charge in [-0.05, 0) is 35.7 Å². The molecule has 9 heteroatoms. The number of guanidine groups is 1. The van der Waals surface area contributed by atoms with E-state index in [0.29, 0.717) is 18.3 Å². The molecule has 0 spiro atoms. The summed E-state index contributed by atoms with van der Waals surface area (Å²) in [6.45, 7) is 3.52. The van der Waals surface area contributed by atoms with E-state index in [1.807, 2.05) is 24.3 Å². The van der Waals surface area contributed by atoms with Gasteiger partial charge in [0.1, 0.15) is 11.6 Å². The van der Waals surface area contributed by atoms with Crippen molar-refractivity contribution in [3.05, 3.63) is 52.5 Å². The predicted molar refractivity (Wildman–Crippen MR) is 125 cm³/mol. The van der Waals surface area contributed by atoms with Crippen molar-refractivity contribution in [3.63, 3.8) is 0 Å². The number of ether oxygens (including phenoxy) is 1. The van der Waals surface area contributed by atoms with Crippen molar-refractivity contribution in [2.24, 2.45) is 4.99 Å². The third-order valence-corrected chi connectivity index (χ3v) is 5.24. The van der Waals surface area contributed by atoms with Crippen molar-refractivity contribution in [1.29, 1.82) is 0 Å². The number of H-pyrrole nitrogens is 1. The maximum atomic E-state index is 5.17. The largest absolute Gasteiger partial charge is 0.497 e. The first-order valence-corrected chi connectivity index (χ1v) is 9.61. The van der Waals surface area contributed by atoms with E-state index >= 15 is 0 Å². The van der Waals surface area contributed by atoms with Crippen LogP contribution in [0, 0.1) is 0 Å². The quantitative estimate of drug-likeness (QED) is 0.256. The van der Waals surface area contributed by atoms with Crippen LogP contribution in [0.5, 0.6) is 5.75 Å². The van der Waals surface area contributed by atoms with Gasteiger partial charge in [-0.25, -0.2) is 4.98 Å². The molecule has 0 fully saturated rings. The second-order valence-corrected chi connectivity index (χ2v) is 7.04.